The zero-order valence-corrected chi connectivity index (χ0v) is 22.3. The molecule has 0 bridgehead atoms. The van der Waals surface area contributed by atoms with Crippen LogP contribution in [0, 0.1) is 0 Å². The van der Waals surface area contributed by atoms with Gasteiger partial charge in [-0.05, 0) is 58.7 Å². The molecule has 0 aliphatic carbocycles. The fourth-order valence-corrected chi connectivity index (χ4v) is 5.12. The van der Waals surface area contributed by atoms with Crippen molar-refractivity contribution in [2.75, 3.05) is 0 Å². The topological polar surface area (TPSA) is 25.8 Å². The van der Waals surface area contributed by atoms with Crippen LogP contribution in [-0.4, -0.2) is 9.97 Å². The van der Waals surface area contributed by atoms with Gasteiger partial charge in [-0.1, -0.05) is 97.1 Å². The Balaban J connectivity index is 1.61. The van der Waals surface area contributed by atoms with Crippen LogP contribution in [0.2, 0.25) is 0 Å². The molecule has 0 N–H and O–H groups in total. The van der Waals surface area contributed by atoms with Crippen molar-refractivity contribution in [3.8, 4) is 56.2 Å². The minimum atomic E-state index is 0.800. The van der Waals surface area contributed by atoms with Gasteiger partial charge in [-0.3, -0.25) is 0 Å². The van der Waals surface area contributed by atoms with Gasteiger partial charge in [-0.2, -0.15) is 0 Å². The van der Waals surface area contributed by atoms with E-state index in [4.69, 9.17) is 35.2 Å². The standard InChI is InChI=1S/C34H24N2S2/c37-33-17-9-7-15-27(33)29-19-25(23-11-3-1-4-12-23)21-31(35-29)32-22-26(24-13-5-2-6-14-24)20-30(36-32)28-16-8-10-18-34(28)38/h1-22,37-38H. The lowest BCUT2D eigenvalue weighted by Gasteiger charge is -2.14. The third-order valence-electron chi connectivity index (χ3n) is 6.49. The Labute approximate surface area is 233 Å². The van der Waals surface area contributed by atoms with E-state index < -0.39 is 0 Å². The van der Waals surface area contributed by atoms with Gasteiger partial charge >= 0.3 is 0 Å². The van der Waals surface area contributed by atoms with E-state index in [9.17, 15) is 0 Å². The number of rotatable bonds is 5. The Bertz CT molecular complexity index is 1600. The summed E-state index contributed by atoms with van der Waals surface area (Å²) in [4.78, 5) is 12.0. The Kier molecular flexibility index (Phi) is 6.82. The van der Waals surface area contributed by atoms with E-state index in [1.165, 1.54) is 0 Å². The zero-order valence-electron chi connectivity index (χ0n) is 20.5. The van der Waals surface area contributed by atoms with Crippen molar-refractivity contribution in [2.24, 2.45) is 0 Å². The number of hydrogen-bond donors (Lipinski definition) is 2. The molecule has 0 aliphatic rings. The molecule has 4 aromatic carbocycles. The SMILES string of the molecule is Sc1ccccc1-c1cc(-c2ccccc2)cc(-c2cc(-c3ccccc3)cc(-c3ccccc3S)n2)n1. The molecule has 0 radical (unpaired) electrons. The van der Waals surface area contributed by atoms with E-state index in [0.29, 0.717) is 0 Å². The lowest BCUT2D eigenvalue weighted by molar-refractivity contribution is 1.23. The summed E-state index contributed by atoms with van der Waals surface area (Å²) in [5.74, 6) is 0. The van der Waals surface area contributed by atoms with Crippen LogP contribution in [0.15, 0.2) is 143 Å². The highest BCUT2D eigenvalue weighted by Gasteiger charge is 2.15. The Hall–Kier alpha value is -4.12. The normalized spacial score (nSPS) is 10.9. The van der Waals surface area contributed by atoms with Crippen molar-refractivity contribution in [1.82, 2.24) is 9.97 Å². The molecule has 6 aromatic rings. The fourth-order valence-electron chi connectivity index (χ4n) is 4.57. The molecule has 0 saturated carbocycles. The van der Waals surface area contributed by atoms with Gasteiger partial charge in [-0.15, -0.1) is 25.3 Å². The summed E-state index contributed by atoms with van der Waals surface area (Å²) < 4.78 is 0. The van der Waals surface area contributed by atoms with E-state index in [1.54, 1.807) is 0 Å². The van der Waals surface area contributed by atoms with E-state index in [-0.39, 0.29) is 0 Å². The van der Waals surface area contributed by atoms with Gasteiger partial charge in [0.2, 0.25) is 0 Å². The molecule has 38 heavy (non-hydrogen) atoms. The highest BCUT2D eigenvalue weighted by Crippen LogP contribution is 2.35. The molecular weight excluding hydrogens is 501 g/mol. The fraction of sp³-hybridized carbons (Fsp3) is 0. The second kappa shape index (κ2) is 10.7. The van der Waals surface area contributed by atoms with E-state index in [2.05, 4.69) is 84.9 Å². The van der Waals surface area contributed by atoms with Crippen LogP contribution in [0.4, 0.5) is 0 Å². The van der Waals surface area contributed by atoms with Crippen molar-refractivity contribution in [3.63, 3.8) is 0 Å². The molecule has 4 heteroatoms. The van der Waals surface area contributed by atoms with E-state index in [0.717, 1.165) is 65.9 Å². The predicted octanol–water partition coefficient (Wildman–Crippen LogP) is 9.39. The quantitative estimate of drug-likeness (QED) is 0.220. The second-order valence-corrected chi connectivity index (χ2v) is 9.98. The Morgan fingerprint density at radius 1 is 0.342 bits per heavy atom. The molecule has 0 amide bonds. The van der Waals surface area contributed by atoms with Crippen LogP contribution >= 0.6 is 25.3 Å². The maximum Gasteiger partial charge on any atom is 0.0900 e. The average Bonchev–Trinajstić information content (AvgIpc) is 2.98. The first-order valence-electron chi connectivity index (χ1n) is 12.4. The zero-order chi connectivity index (χ0) is 25.9. The van der Waals surface area contributed by atoms with Crippen LogP contribution < -0.4 is 0 Å². The van der Waals surface area contributed by atoms with Gasteiger partial charge in [0.25, 0.3) is 0 Å². The molecule has 2 heterocycles. The number of aromatic nitrogens is 2. The van der Waals surface area contributed by atoms with Crippen LogP contribution in [0.25, 0.3) is 56.2 Å². The molecule has 2 nitrogen and oxygen atoms in total. The summed E-state index contributed by atoms with van der Waals surface area (Å²) in [5, 5.41) is 0. The number of hydrogen-bond acceptors (Lipinski definition) is 4. The summed E-state index contributed by atoms with van der Waals surface area (Å²) in [6, 6.07) is 45.3. The second-order valence-electron chi connectivity index (χ2n) is 9.02. The number of nitrogens with zero attached hydrogens (tertiary/aromatic N) is 2. The van der Waals surface area contributed by atoms with Gasteiger partial charge in [0.05, 0.1) is 22.8 Å². The molecule has 0 aliphatic heterocycles. The first-order valence-corrected chi connectivity index (χ1v) is 13.3. The van der Waals surface area contributed by atoms with E-state index in [1.807, 2.05) is 48.5 Å². The molecule has 0 fully saturated rings. The average molecular weight is 525 g/mol. The molecule has 2 aromatic heterocycles. The summed E-state index contributed by atoms with van der Waals surface area (Å²) in [6.07, 6.45) is 0. The van der Waals surface area contributed by atoms with Crippen LogP contribution in [0.1, 0.15) is 0 Å². The molecule has 0 spiro atoms. The summed E-state index contributed by atoms with van der Waals surface area (Å²) in [6.45, 7) is 0. The first kappa shape index (κ1) is 24.2. The predicted molar refractivity (Wildman–Crippen MR) is 164 cm³/mol. The van der Waals surface area contributed by atoms with Crippen molar-refractivity contribution < 1.29 is 0 Å². The maximum atomic E-state index is 5.12. The lowest BCUT2D eigenvalue weighted by atomic mass is 9.99. The van der Waals surface area contributed by atoms with Crippen LogP contribution in [0.3, 0.4) is 0 Å². The number of pyridine rings is 2. The molecule has 6 rings (SSSR count). The molecule has 182 valence electrons. The highest BCUT2D eigenvalue weighted by atomic mass is 32.1. The molecule has 0 unspecified atom stereocenters. The lowest BCUT2D eigenvalue weighted by Crippen LogP contribution is -1.96. The minimum absolute atomic E-state index is 0.800. The smallest absolute Gasteiger partial charge is 0.0900 e. The van der Waals surface area contributed by atoms with Gasteiger partial charge < -0.3 is 0 Å². The van der Waals surface area contributed by atoms with Crippen molar-refractivity contribution in [1.29, 1.82) is 0 Å². The Morgan fingerprint density at radius 2 is 0.684 bits per heavy atom. The van der Waals surface area contributed by atoms with Gasteiger partial charge in [0.1, 0.15) is 0 Å². The summed E-state index contributed by atoms with van der Waals surface area (Å²) >= 11 is 9.46. The molecule has 0 saturated heterocycles. The van der Waals surface area contributed by atoms with Gasteiger partial charge in [-0.25, -0.2) is 9.97 Å². The number of thiol groups is 2. The van der Waals surface area contributed by atoms with Crippen molar-refractivity contribution >= 4 is 25.3 Å². The van der Waals surface area contributed by atoms with Gasteiger partial charge in [0, 0.05) is 20.9 Å². The summed E-state index contributed by atoms with van der Waals surface area (Å²) in [7, 11) is 0. The highest BCUT2D eigenvalue weighted by molar-refractivity contribution is 7.80. The van der Waals surface area contributed by atoms with Crippen molar-refractivity contribution in [2.45, 2.75) is 9.79 Å². The third kappa shape index (κ3) is 5.01. The minimum Gasteiger partial charge on any atom is -0.246 e. The monoisotopic (exact) mass is 524 g/mol. The van der Waals surface area contributed by atoms with Gasteiger partial charge in [0.15, 0.2) is 0 Å². The number of benzene rings is 4. The molecule has 0 atom stereocenters. The van der Waals surface area contributed by atoms with Crippen LogP contribution in [0.5, 0.6) is 0 Å². The molecular formula is C34H24N2S2. The Morgan fingerprint density at radius 3 is 1.08 bits per heavy atom. The first-order chi connectivity index (χ1) is 18.7. The van der Waals surface area contributed by atoms with E-state index >= 15 is 0 Å². The van der Waals surface area contributed by atoms with Crippen LogP contribution in [-0.2, 0) is 0 Å². The van der Waals surface area contributed by atoms with Crippen molar-refractivity contribution in [3.05, 3.63) is 133 Å². The summed E-state index contributed by atoms with van der Waals surface area (Å²) in [5.41, 5.74) is 9.66. The maximum absolute atomic E-state index is 5.12. The largest absolute Gasteiger partial charge is 0.246 e. The third-order valence-corrected chi connectivity index (χ3v) is 7.27.